The Morgan fingerprint density at radius 1 is 0.938 bits per heavy atom. The maximum absolute atomic E-state index is 13.1. The Kier molecular flexibility index (Phi) is 11.5. The minimum atomic E-state index is -0.828. The normalized spacial score (nSPS) is 13.8. The minimum Gasteiger partial charge on any atom is -0.467 e. The highest BCUT2D eigenvalue weighted by Gasteiger charge is 2.31. The Morgan fingerprint density at radius 2 is 1.62 bits per heavy atom. The number of oxazole rings is 3. The van der Waals surface area contributed by atoms with E-state index in [2.05, 4.69) is 35.7 Å². The molecule has 48 heavy (non-hydrogen) atoms. The molecule has 3 atom stereocenters. The number of thiazole rings is 1. The summed E-state index contributed by atoms with van der Waals surface area (Å²) in [6.45, 7) is 14.7. The number of carbonyl (C=O) groups is 3. The molecule has 258 valence electrons. The molecule has 0 fully saturated rings. The first kappa shape index (κ1) is 36.0. The van der Waals surface area contributed by atoms with Crippen molar-refractivity contribution >= 4 is 34.8 Å². The fourth-order valence-electron chi connectivity index (χ4n) is 4.67. The molecule has 4 heterocycles. The van der Waals surface area contributed by atoms with Crippen LogP contribution in [-0.4, -0.2) is 63.7 Å². The Balaban J connectivity index is 1.54. The Hall–Kier alpha value is -4.86. The number of methoxy groups -OCH3 is 1. The molecule has 0 radical (unpaired) electrons. The van der Waals surface area contributed by atoms with Crippen LogP contribution in [0.3, 0.4) is 0 Å². The SMILES string of the molecule is CC[C@H](C)[C@H](NC(=O)c1nc(-c2csc(-c3nc(-c4coc([C@@H](NC(=O)/C(=N\OC)C(C)C)C(C)C)n4)oc3C)n2)oc1C)C(=O)OC. The summed E-state index contributed by atoms with van der Waals surface area (Å²) in [5.41, 5.74) is 1.50. The number of ether oxygens (including phenoxy) is 1. The van der Waals surface area contributed by atoms with Gasteiger partial charge in [-0.05, 0) is 25.7 Å². The zero-order chi connectivity index (χ0) is 35.3. The van der Waals surface area contributed by atoms with E-state index < -0.39 is 24.0 Å². The van der Waals surface area contributed by atoms with E-state index in [1.165, 1.54) is 31.8 Å². The number of carbonyl (C=O) groups excluding carboxylic acids is 3. The summed E-state index contributed by atoms with van der Waals surface area (Å²) in [5.74, 6) is -0.457. The van der Waals surface area contributed by atoms with Gasteiger partial charge in [-0.2, -0.15) is 0 Å². The van der Waals surface area contributed by atoms with Gasteiger partial charge in [-0.1, -0.05) is 53.1 Å². The number of hydrogen-bond acceptors (Lipinski definition) is 14. The van der Waals surface area contributed by atoms with Crippen molar-refractivity contribution in [1.82, 2.24) is 30.6 Å². The zero-order valence-electron chi connectivity index (χ0n) is 28.7. The van der Waals surface area contributed by atoms with Crippen molar-refractivity contribution in [2.45, 2.75) is 73.9 Å². The third kappa shape index (κ3) is 7.81. The molecule has 0 saturated carbocycles. The smallest absolute Gasteiger partial charge is 0.328 e. The van der Waals surface area contributed by atoms with Crippen molar-refractivity contribution in [3.8, 4) is 33.9 Å². The van der Waals surface area contributed by atoms with Gasteiger partial charge in [-0.15, -0.1) is 11.3 Å². The van der Waals surface area contributed by atoms with Crippen LogP contribution < -0.4 is 10.6 Å². The average Bonchev–Trinajstić information content (AvgIpc) is 3.86. The van der Waals surface area contributed by atoms with E-state index >= 15 is 0 Å². The minimum absolute atomic E-state index is 0.0424. The summed E-state index contributed by atoms with van der Waals surface area (Å²) in [5, 5.41) is 11.8. The summed E-state index contributed by atoms with van der Waals surface area (Å²) in [6.07, 6.45) is 2.08. The van der Waals surface area contributed by atoms with Crippen LogP contribution >= 0.6 is 11.3 Å². The predicted octanol–water partition coefficient (Wildman–Crippen LogP) is 5.51. The maximum Gasteiger partial charge on any atom is 0.328 e. The van der Waals surface area contributed by atoms with Crippen LogP contribution in [0.5, 0.6) is 0 Å². The largest absolute Gasteiger partial charge is 0.467 e. The topological polar surface area (TPSA) is 197 Å². The fraction of sp³-hybridized carbons (Fsp3) is 0.500. The van der Waals surface area contributed by atoms with Gasteiger partial charge in [0, 0.05) is 11.3 Å². The van der Waals surface area contributed by atoms with E-state index in [9.17, 15) is 14.4 Å². The lowest BCUT2D eigenvalue weighted by atomic mass is 9.99. The van der Waals surface area contributed by atoms with Gasteiger partial charge in [0.15, 0.2) is 11.4 Å². The molecule has 0 unspecified atom stereocenters. The van der Waals surface area contributed by atoms with Crippen LogP contribution in [-0.2, 0) is 19.2 Å². The van der Waals surface area contributed by atoms with E-state index in [-0.39, 0.29) is 58.5 Å². The van der Waals surface area contributed by atoms with E-state index in [1.807, 2.05) is 41.5 Å². The van der Waals surface area contributed by atoms with E-state index in [0.29, 0.717) is 34.3 Å². The van der Waals surface area contributed by atoms with Crippen molar-refractivity contribution in [1.29, 1.82) is 0 Å². The van der Waals surface area contributed by atoms with Crippen LogP contribution in [0, 0.1) is 31.6 Å². The summed E-state index contributed by atoms with van der Waals surface area (Å²) < 4.78 is 22.4. The highest BCUT2D eigenvalue weighted by molar-refractivity contribution is 7.13. The van der Waals surface area contributed by atoms with Gasteiger partial charge >= 0.3 is 5.97 Å². The van der Waals surface area contributed by atoms with Crippen LogP contribution in [0.15, 0.2) is 30.1 Å². The fourth-order valence-corrected chi connectivity index (χ4v) is 5.50. The van der Waals surface area contributed by atoms with Crippen LogP contribution in [0.1, 0.15) is 81.9 Å². The summed E-state index contributed by atoms with van der Waals surface area (Å²) in [4.78, 5) is 61.3. The molecular weight excluding hydrogens is 642 g/mol. The molecule has 0 aliphatic heterocycles. The molecule has 0 bridgehead atoms. The molecule has 4 rings (SSSR count). The highest BCUT2D eigenvalue weighted by atomic mass is 32.1. The van der Waals surface area contributed by atoms with Gasteiger partial charge in [0.25, 0.3) is 11.8 Å². The van der Waals surface area contributed by atoms with Gasteiger partial charge in [0.05, 0.1) is 7.11 Å². The number of nitrogens with one attached hydrogen (secondary N) is 2. The number of aromatic nitrogens is 4. The third-order valence-electron chi connectivity index (χ3n) is 7.62. The van der Waals surface area contributed by atoms with Gasteiger partial charge < -0.3 is 33.5 Å². The Bertz CT molecular complexity index is 1780. The first-order valence-corrected chi connectivity index (χ1v) is 16.3. The van der Waals surface area contributed by atoms with Crippen molar-refractivity contribution in [3.05, 3.63) is 34.7 Å². The van der Waals surface area contributed by atoms with Crippen LogP contribution in [0.2, 0.25) is 0 Å². The molecule has 15 nitrogen and oxygen atoms in total. The number of rotatable bonds is 14. The molecule has 0 aliphatic rings. The molecule has 4 aromatic rings. The molecule has 0 spiro atoms. The highest BCUT2D eigenvalue weighted by Crippen LogP contribution is 2.34. The average molecular weight is 684 g/mol. The number of amides is 2. The van der Waals surface area contributed by atoms with E-state index in [1.54, 1.807) is 19.2 Å². The number of hydrogen-bond donors (Lipinski definition) is 2. The molecule has 2 amide bonds. The first-order chi connectivity index (χ1) is 22.8. The number of nitrogens with zero attached hydrogens (tertiary/aromatic N) is 5. The van der Waals surface area contributed by atoms with Crippen molar-refractivity contribution < 1.29 is 37.2 Å². The van der Waals surface area contributed by atoms with Crippen molar-refractivity contribution in [3.63, 3.8) is 0 Å². The summed E-state index contributed by atoms with van der Waals surface area (Å²) in [6, 6.07) is -1.38. The Morgan fingerprint density at radius 3 is 2.25 bits per heavy atom. The first-order valence-electron chi connectivity index (χ1n) is 15.5. The summed E-state index contributed by atoms with van der Waals surface area (Å²) >= 11 is 1.29. The molecular formula is C32H41N7O8S. The monoisotopic (exact) mass is 683 g/mol. The van der Waals surface area contributed by atoms with Gasteiger partial charge in [-0.3, -0.25) is 9.59 Å². The number of aryl methyl sites for hydroxylation is 2. The number of oxime groups is 1. The molecule has 0 aliphatic carbocycles. The van der Waals surface area contributed by atoms with E-state index in [4.69, 9.17) is 22.8 Å². The molecule has 2 N–H and O–H groups in total. The van der Waals surface area contributed by atoms with Crippen molar-refractivity contribution in [2.75, 3.05) is 14.2 Å². The van der Waals surface area contributed by atoms with E-state index in [0.717, 1.165) is 0 Å². The second-order valence-electron chi connectivity index (χ2n) is 11.8. The van der Waals surface area contributed by atoms with Crippen molar-refractivity contribution in [2.24, 2.45) is 22.9 Å². The summed E-state index contributed by atoms with van der Waals surface area (Å²) in [7, 11) is 2.67. The quantitative estimate of drug-likeness (QED) is 0.0961. The molecule has 0 saturated heterocycles. The van der Waals surface area contributed by atoms with Gasteiger partial charge in [0.1, 0.15) is 59.1 Å². The number of esters is 1. The third-order valence-corrected chi connectivity index (χ3v) is 8.47. The second kappa shape index (κ2) is 15.4. The Labute approximate surface area is 281 Å². The standard InChI is InChI=1S/C32H41N7O8S/c1-11-16(6)23(32(42)43-9)36-27(41)24-17(7)46-29(37-24)20-13-48-31(34-20)25-18(8)47-28(38-25)19-12-45-30(33-19)22(15(4)5)35-26(40)21(14(2)3)39-44-10/h12-16,22-23H,11H2,1-10H3,(H,35,40)(H,36,41)/b39-21-/t16-,22-,23-/m0/s1. The maximum atomic E-state index is 13.1. The lowest BCUT2D eigenvalue weighted by molar-refractivity contribution is -0.144. The van der Waals surface area contributed by atoms with Gasteiger partial charge in [0.2, 0.25) is 17.7 Å². The van der Waals surface area contributed by atoms with Gasteiger partial charge in [-0.25, -0.2) is 24.7 Å². The lowest BCUT2D eigenvalue weighted by Crippen LogP contribution is -2.45. The zero-order valence-corrected chi connectivity index (χ0v) is 29.5. The molecule has 4 aromatic heterocycles. The lowest BCUT2D eigenvalue weighted by Gasteiger charge is -2.21. The predicted molar refractivity (Wildman–Crippen MR) is 176 cm³/mol. The second-order valence-corrected chi connectivity index (χ2v) is 12.7. The molecule has 0 aromatic carbocycles. The molecule has 16 heteroatoms. The van der Waals surface area contributed by atoms with Crippen LogP contribution in [0.4, 0.5) is 0 Å². The van der Waals surface area contributed by atoms with Crippen LogP contribution in [0.25, 0.3) is 33.9 Å².